The van der Waals surface area contributed by atoms with Crippen molar-refractivity contribution < 1.29 is 5.11 Å². The third-order valence-corrected chi connectivity index (χ3v) is 4.21. The molecule has 0 heterocycles. The molecule has 0 aromatic carbocycles. The molecule has 1 fully saturated rings. The third kappa shape index (κ3) is 4.33. The molecule has 1 rings (SSSR count). The monoisotopic (exact) mass is 231 g/mol. The van der Waals surface area contributed by atoms with Crippen molar-refractivity contribution in [1.82, 2.24) is 5.32 Å². The van der Waals surface area contributed by atoms with Gasteiger partial charge in [-0.25, -0.2) is 0 Å². The van der Waals surface area contributed by atoms with Crippen LogP contribution in [-0.2, 0) is 0 Å². The average Bonchev–Trinajstić information content (AvgIpc) is 2.66. The molecule has 2 N–H and O–H groups in total. The van der Waals surface area contributed by atoms with Gasteiger partial charge in [0.15, 0.2) is 0 Å². The van der Waals surface area contributed by atoms with Crippen molar-refractivity contribution >= 4 is 11.8 Å². The van der Waals surface area contributed by atoms with E-state index in [9.17, 15) is 0 Å². The predicted molar refractivity (Wildman–Crippen MR) is 68.4 cm³/mol. The molecule has 1 aliphatic carbocycles. The molecule has 2 nitrogen and oxygen atoms in total. The molecule has 0 amide bonds. The van der Waals surface area contributed by atoms with Crippen molar-refractivity contribution in [2.24, 2.45) is 5.92 Å². The van der Waals surface area contributed by atoms with Crippen molar-refractivity contribution in [3.63, 3.8) is 0 Å². The van der Waals surface area contributed by atoms with Crippen LogP contribution in [0.2, 0.25) is 0 Å². The highest BCUT2D eigenvalue weighted by Crippen LogP contribution is 2.28. The number of aliphatic hydroxyl groups excluding tert-OH is 1. The lowest BCUT2D eigenvalue weighted by atomic mass is 10.00. The molecule has 0 aliphatic heterocycles. The molecule has 0 spiro atoms. The summed E-state index contributed by atoms with van der Waals surface area (Å²) in [5.41, 5.74) is 0. The van der Waals surface area contributed by atoms with Crippen LogP contribution < -0.4 is 5.32 Å². The Labute approximate surface area is 98.2 Å². The Morgan fingerprint density at radius 1 is 1.47 bits per heavy atom. The zero-order valence-corrected chi connectivity index (χ0v) is 10.9. The number of aliphatic hydroxyl groups is 1. The summed E-state index contributed by atoms with van der Waals surface area (Å²) in [5, 5.41) is 12.7. The van der Waals surface area contributed by atoms with Crippen LogP contribution in [0.15, 0.2) is 0 Å². The van der Waals surface area contributed by atoms with Crippen LogP contribution in [-0.4, -0.2) is 35.8 Å². The lowest BCUT2D eigenvalue weighted by Crippen LogP contribution is -2.42. The van der Waals surface area contributed by atoms with E-state index in [0.29, 0.717) is 18.7 Å². The Morgan fingerprint density at radius 3 is 2.87 bits per heavy atom. The van der Waals surface area contributed by atoms with Gasteiger partial charge in [-0.1, -0.05) is 19.8 Å². The minimum Gasteiger partial charge on any atom is -0.396 e. The van der Waals surface area contributed by atoms with E-state index < -0.39 is 0 Å². The van der Waals surface area contributed by atoms with E-state index in [4.69, 9.17) is 5.11 Å². The zero-order valence-electron chi connectivity index (χ0n) is 10.0. The first kappa shape index (κ1) is 13.3. The molecule has 15 heavy (non-hydrogen) atoms. The highest BCUT2D eigenvalue weighted by Gasteiger charge is 2.27. The number of hydrogen-bond donors (Lipinski definition) is 2. The molecule has 3 atom stereocenters. The molecule has 3 heteroatoms. The fourth-order valence-corrected chi connectivity index (χ4v) is 3.28. The third-order valence-electron chi connectivity index (χ3n) is 3.48. The number of nitrogens with one attached hydrogen (secondary N) is 1. The van der Waals surface area contributed by atoms with Crippen molar-refractivity contribution in [3.8, 4) is 0 Å². The van der Waals surface area contributed by atoms with Crippen LogP contribution in [0.4, 0.5) is 0 Å². The predicted octanol–water partition coefficient (Wildman–Crippen LogP) is 2.27. The maximum Gasteiger partial charge on any atom is 0.0446 e. The topological polar surface area (TPSA) is 32.3 Å². The minimum absolute atomic E-state index is 0.307. The van der Waals surface area contributed by atoms with E-state index in [-0.39, 0.29) is 0 Å². The first-order valence-electron chi connectivity index (χ1n) is 6.17. The van der Waals surface area contributed by atoms with Gasteiger partial charge in [0, 0.05) is 24.4 Å². The van der Waals surface area contributed by atoms with E-state index in [0.717, 1.165) is 18.1 Å². The summed E-state index contributed by atoms with van der Waals surface area (Å²) in [5.74, 6) is 1.99. The maximum absolute atomic E-state index is 9.01. The number of thioether (sulfide) groups is 1. The summed E-state index contributed by atoms with van der Waals surface area (Å²) in [4.78, 5) is 0. The molecule has 90 valence electrons. The molecular weight excluding hydrogens is 206 g/mol. The normalized spacial score (nSPS) is 28.2. The summed E-state index contributed by atoms with van der Waals surface area (Å²) in [6.45, 7) is 2.60. The van der Waals surface area contributed by atoms with Crippen LogP contribution in [0, 0.1) is 5.92 Å². The van der Waals surface area contributed by atoms with Crippen LogP contribution in [0.25, 0.3) is 0 Å². The highest BCUT2D eigenvalue weighted by atomic mass is 32.2. The van der Waals surface area contributed by atoms with Gasteiger partial charge in [0.2, 0.25) is 0 Å². The van der Waals surface area contributed by atoms with Crippen molar-refractivity contribution in [3.05, 3.63) is 0 Å². The van der Waals surface area contributed by atoms with Gasteiger partial charge in [-0.05, 0) is 31.4 Å². The lowest BCUT2D eigenvalue weighted by Gasteiger charge is -2.26. The second-order valence-corrected chi connectivity index (χ2v) is 5.45. The van der Waals surface area contributed by atoms with Crippen molar-refractivity contribution in [2.75, 3.05) is 18.6 Å². The molecule has 0 bridgehead atoms. The molecule has 0 radical (unpaired) electrons. The molecule has 3 unspecified atom stereocenters. The molecular formula is C12H25NOS. The Balaban J connectivity index is 2.35. The lowest BCUT2D eigenvalue weighted by molar-refractivity contribution is 0.256. The number of rotatable bonds is 7. The fourth-order valence-electron chi connectivity index (χ4n) is 2.62. The van der Waals surface area contributed by atoms with Gasteiger partial charge in [0.1, 0.15) is 0 Å². The van der Waals surface area contributed by atoms with Crippen molar-refractivity contribution in [1.29, 1.82) is 0 Å². The minimum atomic E-state index is 0.307. The van der Waals surface area contributed by atoms with Gasteiger partial charge >= 0.3 is 0 Å². The van der Waals surface area contributed by atoms with Gasteiger partial charge in [0.25, 0.3) is 0 Å². The van der Waals surface area contributed by atoms with E-state index in [1.165, 1.54) is 25.7 Å². The molecule has 0 aromatic rings. The van der Waals surface area contributed by atoms with Crippen LogP contribution in [0.1, 0.15) is 39.0 Å². The molecule has 1 aliphatic rings. The van der Waals surface area contributed by atoms with E-state index >= 15 is 0 Å². The van der Waals surface area contributed by atoms with Gasteiger partial charge in [0.05, 0.1) is 0 Å². The first-order chi connectivity index (χ1) is 7.31. The maximum atomic E-state index is 9.01. The van der Waals surface area contributed by atoms with E-state index in [1.807, 2.05) is 11.8 Å². The van der Waals surface area contributed by atoms with E-state index in [1.54, 1.807) is 0 Å². The summed E-state index contributed by atoms with van der Waals surface area (Å²) < 4.78 is 0. The van der Waals surface area contributed by atoms with E-state index in [2.05, 4.69) is 18.5 Å². The van der Waals surface area contributed by atoms with Crippen LogP contribution >= 0.6 is 11.8 Å². The quantitative estimate of drug-likeness (QED) is 0.705. The van der Waals surface area contributed by atoms with Gasteiger partial charge in [-0.2, -0.15) is 11.8 Å². The zero-order chi connectivity index (χ0) is 11.1. The SMILES string of the molecule is CCC1CCCC1NC(CCO)CSC. The summed E-state index contributed by atoms with van der Waals surface area (Å²) in [6, 6.07) is 1.21. The number of hydrogen-bond acceptors (Lipinski definition) is 3. The molecule has 0 saturated heterocycles. The first-order valence-corrected chi connectivity index (χ1v) is 7.57. The Hall–Kier alpha value is 0.270. The second-order valence-electron chi connectivity index (χ2n) is 4.54. The van der Waals surface area contributed by atoms with Crippen LogP contribution in [0.3, 0.4) is 0 Å². The summed E-state index contributed by atoms with van der Waals surface area (Å²) in [7, 11) is 0. The van der Waals surface area contributed by atoms with Crippen molar-refractivity contribution in [2.45, 2.75) is 51.1 Å². The Bertz CT molecular complexity index is 160. The largest absolute Gasteiger partial charge is 0.396 e. The van der Waals surface area contributed by atoms with Gasteiger partial charge in [-0.3, -0.25) is 0 Å². The Morgan fingerprint density at radius 2 is 2.27 bits per heavy atom. The second kappa shape index (κ2) is 7.53. The van der Waals surface area contributed by atoms with Gasteiger partial charge < -0.3 is 10.4 Å². The average molecular weight is 231 g/mol. The van der Waals surface area contributed by atoms with Gasteiger partial charge in [-0.15, -0.1) is 0 Å². The summed E-state index contributed by atoms with van der Waals surface area (Å²) in [6.07, 6.45) is 8.42. The van der Waals surface area contributed by atoms with Crippen LogP contribution in [0.5, 0.6) is 0 Å². The standard InChI is InChI=1S/C12H25NOS/c1-3-10-5-4-6-12(10)13-11(7-8-14)9-15-2/h10-14H,3-9H2,1-2H3. The highest BCUT2D eigenvalue weighted by molar-refractivity contribution is 7.98. The smallest absolute Gasteiger partial charge is 0.0446 e. The molecule has 1 saturated carbocycles. The Kier molecular flexibility index (Phi) is 6.69. The fraction of sp³-hybridized carbons (Fsp3) is 1.00. The molecule has 0 aromatic heterocycles. The summed E-state index contributed by atoms with van der Waals surface area (Å²) >= 11 is 1.87.